The van der Waals surface area contributed by atoms with Crippen LogP contribution >= 0.6 is 0 Å². The van der Waals surface area contributed by atoms with E-state index in [1.807, 2.05) is 6.08 Å². The topological polar surface area (TPSA) is 55.3 Å². The first-order chi connectivity index (χ1) is 4.85. The summed E-state index contributed by atoms with van der Waals surface area (Å²) in [5.41, 5.74) is 10.7. The van der Waals surface area contributed by atoms with E-state index in [-0.39, 0.29) is 0 Å². The Morgan fingerprint density at radius 1 is 1.20 bits per heavy atom. The molecule has 4 N–H and O–H groups in total. The van der Waals surface area contributed by atoms with E-state index in [0.29, 0.717) is 13.1 Å². The summed E-state index contributed by atoms with van der Waals surface area (Å²) in [5, 5.41) is 0. The lowest BCUT2D eigenvalue weighted by Gasteiger charge is -2.17. The van der Waals surface area contributed by atoms with Gasteiger partial charge in [-0.15, -0.1) is 6.58 Å². The van der Waals surface area contributed by atoms with Crippen LogP contribution in [0.5, 0.6) is 0 Å². The summed E-state index contributed by atoms with van der Waals surface area (Å²) < 4.78 is 0. The monoisotopic (exact) mass is 143 g/mol. The van der Waals surface area contributed by atoms with Crippen LogP contribution in [0.1, 0.15) is 0 Å². The Kier molecular flexibility index (Phi) is 6.48. The fraction of sp³-hybridized carbons (Fsp3) is 0.714. The Balaban J connectivity index is 3.38. The third kappa shape index (κ3) is 4.49. The zero-order chi connectivity index (χ0) is 7.82. The van der Waals surface area contributed by atoms with Crippen LogP contribution in [-0.4, -0.2) is 37.6 Å². The summed E-state index contributed by atoms with van der Waals surface area (Å²) in [6.07, 6.45) is 1.87. The largest absolute Gasteiger partial charge is 0.329 e. The van der Waals surface area contributed by atoms with Crippen molar-refractivity contribution in [1.29, 1.82) is 0 Å². The van der Waals surface area contributed by atoms with Crippen molar-refractivity contribution in [3.05, 3.63) is 12.7 Å². The molecule has 3 nitrogen and oxygen atoms in total. The second-order valence-corrected chi connectivity index (χ2v) is 2.17. The van der Waals surface area contributed by atoms with Crippen LogP contribution < -0.4 is 11.5 Å². The number of hydrogen-bond acceptors (Lipinski definition) is 3. The highest BCUT2D eigenvalue weighted by atomic mass is 15.1. The minimum absolute atomic E-state index is 0.688. The molecule has 10 heavy (non-hydrogen) atoms. The van der Waals surface area contributed by atoms with E-state index in [1.54, 1.807) is 0 Å². The van der Waals surface area contributed by atoms with Crippen LogP contribution in [0.2, 0.25) is 0 Å². The van der Waals surface area contributed by atoms with Gasteiger partial charge in [-0.2, -0.15) is 0 Å². The van der Waals surface area contributed by atoms with Crippen molar-refractivity contribution in [1.82, 2.24) is 4.90 Å². The summed E-state index contributed by atoms with van der Waals surface area (Å²) in [4.78, 5) is 2.17. The minimum atomic E-state index is 0.688. The summed E-state index contributed by atoms with van der Waals surface area (Å²) in [6.45, 7) is 7.71. The molecule has 0 aliphatic heterocycles. The van der Waals surface area contributed by atoms with Crippen molar-refractivity contribution in [3.8, 4) is 0 Å². The van der Waals surface area contributed by atoms with Crippen LogP contribution in [0.25, 0.3) is 0 Å². The van der Waals surface area contributed by atoms with E-state index in [0.717, 1.165) is 19.6 Å². The van der Waals surface area contributed by atoms with Crippen LogP contribution in [0.4, 0.5) is 0 Å². The van der Waals surface area contributed by atoms with E-state index in [9.17, 15) is 0 Å². The van der Waals surface area contributed by atoms with Crippen LogP contribution in [0.15, 0.2) is 12.7 Å². The Morgan fingerprint density at radius 3 is 2.00 bits per heavy atom. The van der Waals surface area contributed by atoms with Crippen molar-refractivity contribution in [2.75, 3.05) is 32.7 Å². The van der Waals surface area contributed by atoms with E-state index < -0.39 is 0 Å². The summed E-state index contributed by atoms with van der Waals surface area (Å²) in [5.74, 6) is 0. The molecule has 0 heterocycles. The first kappa shape index (κ1) is 9.62. The maximum atomic E-state index is 5.37. The molecular weight excluding hydrogens is 126 g/mol. The molecule has 0 aromatic rings. The number of nitrogens with two attached hydrogens (primary N) is 2. The molecular formula is C7H17N3. The van der Waals surface area contributed by atoms with E-state index in [1.165, 1.54) is 0 Å². The standard InChI is InChI=1S/C7H17N3/c1-2-5-10(6-3-8)7-4-9/h2H,1,3-9H2. The molecule has 0 spiro atoms. The van der Waals surface area contributed by atoms with E-state index in [2.05, 4.69) is 11.5 Å². The van der Waals surface area contributed by atoms with Gasteiger partial charge in [0, 0.05) is 32.7 Å². The normalized spacial score (nSPS) is 10.3. The molecule has 0 aromatic carbocycles. The first-order valence-electron chi connectivity index (χ1n) is 3.58. The lowest BCUT2D eigenvalue weighted by Crippen LogP contribution is -2.33. The third-order valence-electron chi connectivity index (χ3n) is 1.28. The quantitative estimate of drug-likeness (QED) is 0.488. The maximum absolute atomic E-state index is 5.37. The van der Waals surface area contributed by atoms with Gasteiger partial charge in [0.25, 0.3) is 0 Å². The summed E-state index contributed by atoms with van der Waals surface area (Å²) in [6, 6.07) is 0. The molecule has 0 atom stereocenters. The highest BCUT2D eigenvalue weighted by Gasteiger charge is 1.97. The fourth-order valence-electron chi connectivity index (χ4n) is 0.842. The molecule has 60 valence electrons. The van der Waals surface area contributed by atoms with Crippen molar-refractivity contribution in [2.24, 2.45) is 11.5 Å². The number of rotatable bonds is 6. The molecule has 0 saturated heterocycles. The Hall–Kier alpha value is -0.380. The molecule has 0 bridgehead atoms. The van der Waals surface area contributed by atoms with E-state index >= 15 is 0 Å². The highest BCUT2D eigenvalue weighted by molar-refractivity contribution is 4.73. The van der Waals surface area contributed by atoms with Gasteiger partial charge < -0.3 is 11.5 Å². The molecule has 0 amide bonds. The van der Waals surface area contributed by atoms with Gasteiger partial charge in [0.05, 0.1) is 0 Å². The first-order valence-corrected chi connectivity index (χ1v) is 3.58. The molecule has 0 aromatic heterocycles. The van der Waals surface area contributed by atoms with Crippen molar-refractivity contribution >= 4 is 0 Å². The SMILES string of the molecule is C=CCN(CCN)CCN. The van der Waals surface area contributed by atoms with Crippen LogP contribution in [-0.2, 0) is 0 Å². The van der Waals surface area contributed by atoms with Gasteiger partial charge >= 0.3 is 0 Å². The molecule has 0 radical (unpaired) electrons. The lowest BCUT2D eigenvalue weighted by molar-refractivity contribution is 0.320. The molecule has 0 fully saturated rings. The Labute approximate surface area is 62.7 Å². The van der Waals surface area contributed by atoms with Crippen LogP contribution in [0.3, 0.4) is 0 Å². The van der Waals surface area contributed by atoms with Gasteiger partial charge in [-0.1, -0.05) is 6.08 Å². The van der Waals surface area contributed by atoms with Gasteiger partial charge in [-0.05, 0) is 0 Å². The van der Waals surface area contributed by atoms with Gasteiger partial charge in [-0.3, -0.25) is 4.90 Å². The summed E-state index contributed by atoms with van der Waals surface area (Å²) >= 11 is 0. The van der Waals surface area contributed by atoms with Gasteiger partial charge in [0.15, 0.2) is 0 Å². The minimum Gasteiger partial charge on any atom is -0.329 e. The second-order valence-electron chi connectivity index (χ2n) is 2.17. The number of nitrogens with zero attached hydrogens (tertiary/aromatic N) is 1. The molecule has 0 aliphatic carbocycles. The Morgan fingerprint density at radius 2 is 1.70 bits per heavy atom. The number of hydrogen-bond donors (Lipinski definition) is 2. The van der Waals surface area contributed by atoms with Crippen molar-refractivity contribution in [2.45, 2.75) is 0 Å². The average molecular weight is 143 g/mol. The van der Waals surface area contributed by atoms with Crippen molar-refractivity contribution < 1.29 is 0 Å². The van der Waals surface area contributed by atoms with Crippen LogP contribution in [0, 0.1) is 0 Å². The smallest absolute Gasteiger partial charge is 0.0161 e. The Bertz CT molecular complexity index is 76.9. The fourth-order valence-corrected chi connectivity index (χ4v) is 0.842. The maximum Gasteiger partial charge on any atom is 0.0161 e. The van der Waals surface area contributed by atoms with Gasteiger partial charge in [-0.25, -0.2) is 0 Å². The molecule has 0 saturated carbocycles. The highest BCUT2D eigenvalue weighted by Crippen LogP contribution is 1.84. The predicted molar refractivity (Wildman–Crippen MR) is 44.7 cm³/mol. The van der Waals surface area contributed by atoms with Crippen molar-refractivity contribution in [3.63, 3.8) is 0 Å². The lowest BCUT2D eigenvalue weighted by atomic mass is 10.4. The summed E-state index contributed by atoms with van der Waals surface area (Å²) in [7, 11) is 0. The molecule has 0 rings (SSSR count). The van der Waals surface area contributed by atoms with Gasteiger partial charge in [0.1, 0.15) is 0 Å². The third-order valence-corrected chi connectivity index (χ3v) is 1.28. The molecule has 3 heteroatoms. The predicted octanol–water partition coefficient (Wildman–Crippen LogP) is -0.608. The molecule has 0 aliphatic rings. The zero-order valence-corrected chi connectivity index (χ0v) is 6.42. The van der Waals surface area contributed by atoms with E-state index in [4.69, 9.17) is 11.5 Å². The van der Waals surface area contributed by atoms with Gasteiger partial charge in [0.2, 0.25) is 0 Å². The zero-order valence-electron chi connectivity index (χ0n) is 6.42. The second kappa shape index (κ2) is 6.74. The average Bonchev–Trinajstić information content (AvgIpc) is 1.90. The molecule has 0 unspecified atom stereocenters.